The summed E-state index contributed by atoms with van der Waals surface area (Å²) in [6.45, 7) is 3.81. The Morgan fingerprint density at radius 3 is 2.50 bits per heavy atom. The zero-order chi connectivity index (χ0) is 23.7. The molecule has 0 N–H and O–H groups in total. The molecule has 2 aliphatic heterocycles. The Bertz CT molecular complexity index is 1220. The lowest BCUT2D eigenvalue weighted by molar-refractivity contribution is -0.119. The molecular formula is C24H23FN4O4S. The number of anilines is 1. The van der Waals surface area contributed by atoms with Crippen molar-refractivity contribution in [2.45, 2.75) is 6.42 Å². The maximum atomic E-state index is 13.7. The van der Waals surface area contributed by atoms with Gasteiger partial charge in [0.25, 0.3) is 11.8 Å². The second kappa shape index (κ2) is 9.57. The highest BCUT2D eigenvalue weighted by molar-refractivity contribution is 7.22. The molecule has 8 nitrogen and oxygen atoms in total. The summed E-state index contributed by atoms with van der Waals surface area (Å²) < 4.78 is 19.7. The molecule has 1 saturated heterocycles. The first-order chi connectivity index (χ1) is 16.5. The summed E-state index contributed by atoms with van der Waals surface area (Å²) in [4.78, 5) is 48.2. The van der Waals surface area contributed by atoms with Crippen LogP contribution in [-0.4, -0.2) is 78.4 Å². The number of hydrogen-bond donors (Lipinski definition) is 0. The summed E-state index contributed by atoms with van der Waals surface area (Å²) in [6.07, 6.45) is 0.679. The Morgan fingerprint density at radius 2 is 1.79 bits per heavy atom. The molecule has 2 aromatic carbocycles. The van der Waals surface area contributed by atoms with Gasteiger partial charge in [-0.05, 0) is 36.8 Å². The molecular weight excluding hydrogens is 459 g/mol. The van der Waals surface area contributed by atoms with Gasteiger partial charge in [-0.2, -0.15) is 0 Å². The van der Waals surface area contributed by atoms with E-state index in [2.05, 4.69) is 9.88 Å². The SMILES string of the molecule is O=C1c2ccccc2C(=O)N1CC(=O)N(CCCN1CCOCC1)c1nc2ccc(F)cc2s1. The fraction of sp³-hybridized carbons (Fsp3) is 0.333. The van der Waals surface area contributed by atoms with Crippen molar-refractivity contribution in [2.24, 2.45) is 0 Å². The number of benzene rings is 2. The van der Waals surface area contributed by atoms with E-state index in [0.717, 1.165) is 24.5 Å². The van der Waals surface area contributed by atoms with E-state index in [1.54, 1.807) is 30.3 Å². The molecule has 0 spiro atoms. The predicted molar refractivity (Wildman–Crippen MR) is 126 cm³/mol. The largest absolute Gasteiger partial charge is 0.379 e. The highest BCUT2D eigenvalue weighted by Gasteiger charge is 2.37. The second-order valence-electron chi connectivity index (χ2n) is 8.20. The van der Waals surface area contributed by atoms with Crippen LogP contribution in [0.25, 0.3) is 10.2 Å². The monoisotopic (exact) mass is 482 g/mol. The van der Waals surface area contributed by atoms with Gasteiger partial charge in [0.1, 0.15) is 12.4 Å². The van der Waals surface area contributed by atoms with Gasteiger partial charge in [-0.3, -0.25) is 29.1 Å². The number of halogens is 1. The Labute approximate surface area is 199 Å². The molecule has 0 atom stereocenters. The minimum atomic E-state index is -0.478. The highest BCUT2D eigenvalue weighted by atomic mass is 32.1. The smallest absolute Gasteiger partial charge is 0.262 e. The topological polar surface area (TPSA) is 83.1 Å². The van der Waals surface area contributed by atoms with Crippen LogP contribution in [0.5, 0.6) is 0 Å². The van der Waals surface area contributed by atoms with Gasteiger partial charge in [-0.15, -0.1) is 0 Å². The molecule has 0 aliphatic carbocycles. The van der Waals surface area contributed by atoms with Crippen molar-refractivity contribution < 1.29 is 23.5 Å². The first-order valence-corrected chi connectivity index (χ1v) is 11.9. The molecule has 0 radical (unpaired) electrons. The highest BCUT2D eigenvalue weighted by Crippen LogP contribution is 2.30. The lowest BCUT2D eigenvalue weighted by atomic mass is 10.1. The summed E-state index contributed by atoms with van der Waals surface area (Å²) in [7, 11) is 0. The number of morpholine rings is 1. The standard InChI is InChI=1S/C24H23FN4O4S/c25-16-6-7-19-20(14-16)34-24(26-19)28(9-3-8-27-10-12-33-13-11-27)21(30)15-29-22(31)17-4-1-2-5-18(17)23(29)32/h1-2,4-7,14H,3,8-13,15H2. The number of aromatic nitrogens is 1. The fourth-order valence-electron chi connectivity index (χ4n) is 4.21. The van der Waals surface area contributed by atoms with Crippen LogP contribution in [0.15, 0.2) is 42.5 Å². The number of ether oxygens (including phenoxy) is 1. The number of imide groups is 1. The van der Waals surface area contributed by atoms with E-state index in [0.29, 0.717) is 52.7 Å². The molecule has 0 saturated carbocycles. The fourth-order valence-corrected chi connectivity index (χ4v) is 5.24. The van der Waals surface area contributed by atoms with Crippen molar-refractivity contribution in [1.29, 1.82) is 0 Å². The van der Waals surface area contributed by atoms with Crippen LogP contribution in [0, 0.1) is 5.82 Å². The number of amides is 3. The number of thiazole rings is 1. The van der Waals surface area contributed by atoms with E-state index >= 15 is 0 Å². The molecule has 3 amide bonds. The lowest BCUT2D eigenvalue weighted by Gasteiger charge is -2.28. The molecule has 176 valence electrons. The van der Waals surface area contributed by atoms with E-state index in [9.17, 15) is 18.8 Å². The van der Waals surface area contributed by atoms with E-state index in [1.807, 2.05) is 0 Å². The zero-order valence-corrected chi connectivity index (χ0v) is 19.2. The number of carbonyl (C=O) groups is 3. The minimum absolute atomic E-state index is 0.301. The second-order valence-corrected chi connectivity index (χ2v) is 9.21. The van der Waals surface area contributed by atoms with Gasteiger partial charge in [0.05, 0.1) is 34.6 Å². The third kappa shape index (κ3) is 4.44. The van der Waals surface area contributed by atoms with Crippen LogP contribution in [0.3, 0.4) is 0 Å². The van der Waals surface area contributed by atoms with Gasteiger partial charge < -0.3 is 4.74 Å². The molecule has 10 heteroatoms. The van der Waals surface area contributed by atoms with Gasteiger partial charge in [-0.25, -0.2) is 9.37 Å². The van der Waals surface area contributed by atoms with Crippen molar-refractivity contribution in [3.05, 3.63) is 59.4 Å². The normalized spacial score (nSPS) is 16.3. The van der Waals surface area contributed by atoms with Crippen LogP contribution < -0.4 is 4.90 Å². The molecule has 2 aliphatic rings. The van der Waals surface area contributed by atoms with E-state index in [1.165, 1.54) is 28.4 Å². The lowest BCUT2D eigenvalue weighted by Crippen LogP contribution is -2.44. The summed E-state index contributed by atoms with van der Waals surface area (Å²) in [5.41, 5.74) is 1.19. The molecule has 5 rings (SSSR count). The summed E-state index contributed by atoms with van der Waals surface area (Å²) in [6, 6.07) is 10.8. The maximum Gasteiger partial charge on any atom is 0.262 e. The summed E-state index contributed by atoms with van der Waals surface area (Å²) in [5, 5.41) is 0.421. The quantitative estimate of drug-likeness (QED) is 0.482. The van der Waals surface area contributed by atoms with Gasteiger partial charge in [0.15, 0.2) is 5.13 Å². The zero-order valence-electron chi connectivity index (χ0n) is 18.4. The molecule has 34 heavy (non-hydrogen) atoms. The number of carbonyl (C=O) groups excluding carboxylic acids is 3. The number of rotatable bonds is 7. The van der Waals surface area contributed by atoms with Crippen LogP contribution in [-0.2, 0) is 9.53 Å². The third-order valence-electron chi connectivity index (χ3n) is 6.00. The van der Waals surface area contributed by atoms with Gasteiger partial charge >= 0.3 is 0 Å². The predicted octanol–water partition coefficient (Wildman–Crippen LogP) is 2.79. The Morgan fingerprint density at radius 1 is 1.09 bits per heavy atom. The summed E-state index contributed by atoms with van der Waals surface area (Å²) >= 11 is 1.21. The third-order valence-corrected chi connectivity index (χ3v) is 7.04. The van der Waals surface area contributed by atoms with Gasteiger partial charge in [-0.1, -0.05) is 23.5 Å². The van der Waals surface area contributed by atoms with Crippen molar-refractivity contribution in [3.8, 4) is 0 Å². The molecule has 0 bridgehead atoms. The average molecular weight is 483 g/mol. The van der Waals surface area contributed by atoms with Crippen molar-refractivity contribution in [2.75, 3.05) is 50.8 Å². The minimum Gasteiger partial charge on any atom is -0.379 e. The number of fused-ring (bicyclic) bond motifs is 2. The van der Waals surface area contributed by atoms with E-state index in [-0.39, 0.29) is 12.4 Å². The van der Waals surface area contributed by atoms with Crippen LogP contribution in [0.1, 0.15) is 27.1 Å². The first-order valence-electron chi connectivity index (χ1n) is 11.1. The van der Waals surface area contributed by atoms with Crippen molar-refractivity contribution in [1.82, 2.24) is 14.8 Å². The Balaban J connectivity index is 1.36. The molecule has 1 aromatic heterocycles. The molecule has 3 aromatic rings. The molecule has 1 fully saturated rings. The number of hydrogen-bond acceptors (Lipinski definition) is 7. The Hall–Kier alpha value is -3.21. The maximum absolute atomic E-state index is 13.7. The van der Waals surface area contributed by atoms with Crippen LogP contribution >= 0.6 is 11.3 Å². The summed E-state index contributed by atoms with van der Waals surface area (Å²) in [5.74, 6) is -1.74. The Kier molecular flexibility index (Phi) is 6.36. The van der Waals surface area contributed by atoms with Crippen LogP contribution in [0.2, 0.25) is 0 Å². The van der Waals surface area contributed by atoms with Crippen LogP contribution in [0.4, 0.5) is 9.52 Å². The molecule has 0 unspecified atom stereocenters. The molecule has 3 heterocycles. The van der Waals surface area contributed by atoms with Crippen molar-refractivity contribution >= 4 is 44.4 Å². The van der Waals surface area contributed by atoms with Gasteiger partial charge in [0.2, 0.25) is 5.91 Å². The van der Waals surface area contributed by atoms with Gasteiger partial charge in [0, 0.05) is 26.2 Å². The number of nitrogens with zero attached hydrogens (tertiary/aromatic N) is 4. The van der Waals surface area contributed by atoms with E-state index in [4.69, 9.17) is 4.74 Å². The average Bonchev–Trinajstić information content (AvgIpc) is 3.37. The first kappa shape index (κ1) is 22.6. The van der Waals surface area contributed by atoms with E-state index < -0.39 is 17.7 Å². The van der Waals surface area contributed by atoms with Crippen molar-refractivity contribution in [3.63, 3.8) is 0 Å².